The van der Waals surface area contributed by atoms with Gasteiger partial charge in [0.05, 0.1) is 13.2 Å². The summed E-state index contributed by atoms with van der Waals surface area (Å²) in [5.41, 5.74) is 2.05. The van der Waals surface area contributed by atoms with Crippen LogP contribution in [-0.4, -0.2) is 34.2 Å². The molecule has 0 saturated heterocycles. The third-order valence-corrected chi connectivity index (χ3v) is 7.00. The molecule has 22 heavy (non-hydrogen) atoms. The van der Waals surface area contributed by atoms with Gasteiger partial charge in [-0.1, -0.05) is 31.1 Å². The van der Waals surface area contributed by atoms with E-state index in [1.165, 1.54) is 0 Å². The summed E-state index contributed by atoms with van der Waals surface area (Å²) in [5.74, 6) is 0.00695. The number of amides is 1. The topological polar surface area (TPSA) is 60.8 Å². The molecule has 1 aromatic rings. The first-order valence-corrected chi connectivity index (χ1v) is 9.71. The highest BCUT2D eigenvalue weighted by Gasteiger charge is 2.22. The lowest BCUT2D eigenvalue weighted by Crippen LogP contribution is -2.31. The van der Waals surface area contributed by atoms with Crippen LogP contribution in [0.4, 0.5) is 5.69 Å². The lowest BCUT2D eigenvalue weighted by atomic mass is 10.1. The van der Waals surface area contributed by atoms with E-state index in [-0.39, 0.29) is 33.3 Å². The highest BCUT2D eigenvalue weighted by molar-refractivity contribution is 8.29. The van der Waals surface area contributed by atoms with Crippen LogP contribution < -0.4 is 4.90 Å². The van der Waals surface area contributed by atoms with Gasteiger partial charge in [0, 0.05) is 23.9 Å². The Bertz CT molecular complexity index is 536. The lowest BCUT2D eigenvalue weighted by molar-refractivity contribution is -0.118. The molecule has 0 radical (unpaired) electrons. The molecule has 1 unspecified atom stereocenters. The molecule has 1 amide bonds. The smallest absolute Gasteiger partial charge is 0.226 e. The van der Waals surface area contributed by atoms with Gasteiger partial charge < -0.3 is 15.1 Å². The highest BCUT2D eigenvalue weighted by atomic mass is 32.8. The van der Waals surface area contributed by atoms with E-state index in [0.29, 0.717) is 23.2 Å². The van der Waals surface area contributed by atoms with Crippen LogP contribution in [0.3, 0.4) is 0 Å². The molecule has 0 bridgehead atoms. The summed E-state index contributed by atoms with van der Waals surface area (Å²) in [4.78, 5) is 14.0. The number of anilines is 1. The first-order valence-electron chi connectivity index (χ1n) is 7.16. The Morgan fingerprint density at radius 1 is 1.23 bits per heavy atom. The van der Waals surface area contributed by atoms with Gasteiger partial charge in [-0.2, -0.15) is 0 Å². The molecule has 0 aliphatic heterocycles. The fourth-order valence-electron chi connectivity index (χ4n) is 1.98. The molecular weight excluding hydrogens is 318 g/mol. The van der Waals surface area contributed by atoms with Crippen LogP contribution in [0.2, 0.25) is 0 Å². The molecule has 6 heteroatoms. The van der Waals surface area contributed by atoms with E-state index in [0.717, 1.165) is 6.42 Å². The summed E-state index contributed by atoms with van der Waals surface area (Å²) in [5, 5.41) is 18.6. The predicted molar refractivity (Wildman–Crippen MR) is 95.7 cm³/mol. The maximum atomic E-state index is 12.4. The molecule has 0 aliphatic rings. The van der Waals surface area contributed by atoms with Crippen molar-refractivity contribution < 1.29 is 15.0 Å². The molecule has 1 rings (SSSR count). The molecule has 0 heterocycles. The third kappa shape index (κ3) is 5.12. The monoisotopic (exact) mass is 343 g/mol. The van der Waals surface area contributed by atoms with Gasteiger partial charge in [0.25, 0.3) is 0 Å². The standard InChI is InChI=1S/C16H25NO3S2/c1-16(2,22(4)21)6-5-15(20)17(3)14-8-12(10-18)7-13(9-14)11-19/h7-9,18-19H,5-6,10-11H2,1-4H3. The van der Waals surface area contributed by atoms with E-state index < -0.39 is 0 Å². The molecule has 1 atom stereocenters. The lowest BCUT2D eigenvalue weighted by Gasteiger charge is -2.26. The number of aliphatic hydroxyl groups is 2. The Morgan fingerprint density at radius 3 is 2.14 bits per heavy atom. The summed E-state index contributed by atoms with van der Waals surface area (Å²) >= 11 is 5.34. The number of hydrogen-bond donors (Lipinski definition) is 2. The highest BCUT2D eigenvalue weighted by Crippen LogP contribution is 2.23. The van der Waals surface area contributed by atoms with Gasteiger partial charge >= 0.3 is 0 Å². The Labute approximate surface area is 139 Å². The normalized spacial score (nSPS) is 13.0. The molecule has 4 nitrogen and oxygen atoms in total. The third-order valence-electron chi connectivity index (χ3n) is 3.88. The van der Waals surface area contributed by atoms with Crippen LogP contribution in [0.15, 0.2) is 18.2 Å². The summed E-state index contributed by atoms with van der Waals surface area (Å²) in [6.45, 7) is 3.94. The molecular formula is C16H25NO3S2. The van der Waals surface area contributed by atoms with E-state index in [9.17, 15) is 15.0 Å². The van der Waals surface area contributed by atoms with Gasteiger partial charge in [0.1, 0.15) is 0 Å². The van der Waals surface area contributed by atoms with Gasteiger partial charge in [0.15, 0.2) is 0 Å². The van der Waals surface area contributed by atoms with E-state index in [1.807, 2.05) is 6.26 Å². The van der Waals surface area contributed by atoms with E-state index in [1.54, 1.807) is 30.1 Å². The van der Waals surface area contributed by atoms with Crippen LogP contribution in [0.5, 0.6) is 0 Å². The fraction of sp³-hybridized carbons (Fsp3) is 0.562. The second-order valence-electron chi connectivity index (χ2n) is 5.99. The zero-order chi connectivity index (χ0) is 16.9. The van der Waals surface area contributed by atoms with E-state index in [2.05, 4.69) is 13.8 Å². The maximum Gasteiger partial charge on any atom is 0.226 e. The Kier molecular flexibility index (Phi) is 7.12. The van der Waals surface area contributed by atoms with Crippen molar-refractivity contribution in [2.24, 2.45) is 0 Å². The van der Waals surface area contributed by atoms with Gasteiger partial charge in [-0.3, -0.25) is 4.79 Å². The van der Waals surface area contributed by atoms with Crippen molar-refractivity contribution in [2.75, 3.05) is 18.2 Å². The Balaban J connectivity index is 2.85. The van der Waals surface area contributed by atoms with E-state index >= 15 is 0 Å². The first-order chi connectivity index (χ1) is 10.2. The van der Waals surface area contributed by atoms with Crippen molar-refractivity contribution in [3.05, 3.63) is 29.3 Å². The number of carbonyl (C=O) groups excluding carboxylic acids is 1. The Morgan fingerprint density at radius 2 is 1.73 bits per heavy atom. The number of nitrogens with zero attached hydrogens (tertiary/aromatic N) is 1. The van der Waals surface area contributed by atoms with Crippen LogP contribution in [0.1, 0.15) is 37.8 Å². The van der Waals surface area contributed by atoms with Crippen molar-refractivity contribution in [1.82, 2.24) is 0 Å². The molecule has 124 valence electrons. The van der Waals surface area contributed by atoms with Crippen LogP contribution in [-0.2, 0) is 38.7 Å². The van der Waals surface area contributed by atoms with Crippen molar-refractivity contribution >= 4 is 32.2 Å². The quantitative estimate of drug-likeness (QED) is 0.794. The van der Waals surface area contributed by atoms with Gasteiger partial charge in [-0.25, -0.2) is 0 Å². The molecule has 0 aliphatic carbocycles. The Hall–Kier alpha value is -0.820. The van der Waals surface area contributed by atoms with E-state index in [4.69, 9.17) is 11.2 Å². The average molecular weight is 344 g/mol. The molecule has 0 saturated carbocycles. The maximum absolute atomic E-state index is 12.4. The van der Waals surface area contributed by atoms with Crippen molar-refractivity contribution in [3.8, 4) is 0 Å². The van der Waals surface area contributed by atoms with Crippen LogP contribution in [0.25, 0.3) is 0 Å². The molecule has 0 aromatic heterocycles. The number of carbonyl (C=O) groups is 1. The zero-order valence-electron chi connectivity index (χ0n) is 13.6. The molecule has 0 spiro atoms. The molecule has 0 fully saturated rings. The fourth-order valence-corrected chi connectivity index (χ4v) is 2.62. The SMILES string of the molecule is CN(C(=O)CCC(C)(C)S(C)=S)c1cc(CO)cc(CO)c1. The number of rotatable bonds is 7. The molecule has 2 N–H and O–H groups in total. The second kappa shape index (κ2) is 8.15. The van der Waals surface area contributed by atoms with Crippen molar-refractivity contribution in [3.63, 3.8) is 0 Å². The van der Waals surface area contributed by atoms with Crippen LogP contribution in [0, 0.1) is 0 Å². The first kappa shape index (κ1) is 19.2. The minimum atomic E-state index is -0.164. The zero-order valence-corrected chi connectivity index (χ0v) is 15.3. The summed E-state index contributed by atoms with van der Waals surface area (Å²) in [6, 6.07) is 5.25. The van der Waals surface area contributed by atoms with Crippen molar-refractivity contribution in [1.29, 1.82) is 0 Å². The minimum Gasteiger partial charge on any atom is -0.392 e. The van der Waals surface area contributed by atoms with Crippen LogP contribution >= 0.6 is 0 Å². The average Bonchev–Trinajstić information content (AvgIpc) is 2.50. The summed E-state index contributed by atoms with van der Waals surface area (Å²) in [7, 11) is 1.55. The second-order valence-corrected chi connectivity index (χ2v) is 9.50. The summed E-state index contributed by atoms with van der Waals surface area (Å²) in [6.07, 6.45) is 3.18. The summed E-state index contributed by atoms with van der Waals surface area (Å²) < 4.78 is -0.0327. The van der Waals surface area contributed by atoms with Gasteiger partial charge in [-0.15, -0.1) is 9.45 Å². The number of aliphatic hydroxyl groups excluding tert-OH is 2. The largest absolute Gasteiger partial charge is 0.392 e. The minimum absolute atomic E-state index is 0.00695. The molecule has 1 aromatic carbocycles. The van der Waals surface area contributed by atoms with Gasteiger partial charge in [-0.05, 0) is 35.9 Å². The van der Waals surface area contributed by atoms with Gasteiger partial charge in [0.2, 0.25) is 5.91 Å². The number of hydrogen-bond acceptors (Lipinski definition) is 4. The van der Waals surface area contributed by atoms with Crippen molar-refractivity contribution in [2.45, 2.75) is 44.6 Å². The predicted octanol–water partition coefficient (Wildman–Crippen LogP) is 1.90. The number of benzene rings is 1.